The van der Waals surface area contributed by atoms with E-state index in [1.54, 1.807) is 24.3 Å². The molecule has 1 fully saturated rings. The van der Waals surface area contributed by atoms with Crippen molar-refractivity contribution in [1.29, 1.82) is 5.26 Å². The van der Waals surface area contributed by atoms with Gasteiger partial charge in [0.2, 0.25) is 5.91 Å². The van der Waals surface area contributed by atoms with E-state index >= 15 is 0 Å². The third kappa shape index (κ3) is 6.26. The van der Waals surface area contributed by atoms with Gasteiger partial charge in [-0.05, 0) is 24.5 Å². The summed E-state index contributed by atoms with van der Waals surface area (Å²) in [6.45, 7) is 0.756. The number of nitriles is 1. The Labute approximate surface area is 158 Å². The Morgan fingerprint density at radius 3 is 2.44 bits per heavy atom. The largest absolute Gasteiger partial charge is 0.451 e. The first kappa shape index (κ1) is 20.2. The summed E-state index contributed by atoms with van der Waals surface area (Å²) in [7, 11) is 0. The molecule has 0 atom stereocenters. The van der Waals surface area contributed by atoms with E-state index in [0.717, 1.165) is 19.3 Å². The van der Waals surface area contributed by atoms with Gasteiger partial charge < -0.3 is 15.4 Å². The van der Waals surface area contributed by atoms with E-state index in [-0.39, 0.29) is 5.70 Å². The third-order valence-electron chi connectivity index (χ3n) is 4.28. The lowest BCUT2D eigenvalue weighted by molar-refractivity contribution is -0.146. The second-order valence-corrected chi connectivity index (χ2v) is 6.53. The van der Waals surface area contributed by atoms with Gasteiger partial charge >= 0.3 is 5.97 Å². The van der Waals surface area contributed by atoms with E-state index in [2.05, 4.69) is 16.7 Å². The zero-order valence-electron chi connectivity index (χ0n) is 15.3. The van der Waals surface area contributed by atoms with Crippen molar-refractivity contribution in [2.75, 3.05) is 6.61 Å². The molecule has 0 unspecified atom stereocenters. The van der Waals surface area contributed by atoms with Crippen LogP contribution in [0.2, 0.25) is 0 Å². The molecule has 1 aromatic carbocycles. The SMILES string of the molecule is CC(=O)N/C(=C/c1ccccc1)C(=O)OCC(=O)NC1(C#N)CCCCC1. The second kappa shape index (κ2) is 9.53. The number of hydrogen-bond acceptors (Lipinski definition) is 5. The highest BCUT2D eigenvalue weighted by molar-refractivity contribution is 5.98. The summed E-state index contributed by atoms with van der Waals surface area (Å²) in [5, 5.41) is 14.5. The molecule has 1 aliphatic carbocycles. The van der Waals surface area contributed by atoms with Crippen LogP contribution in [0.5, 0.6) is 0 Å². The minimum Gasteiger partial charge on any atom is -0.451 e. The smallest absolute Gasteiger partial charge is 0.355 e. The average Bonchev–Trinajstić information content (AvgIpc) is 2.67. The van der Waals surface area contributed by atoms with Crippen molar-refractivity contribution in [3.8, 4) is 6.07 Å². The molecule has 2 rings (SSSR count). The summed E-state index contributed by atoms with van der Waals surface area (Å²) in [5.41, 5.74) is -0.246. The van der Waals surface area contributed by atoms with Gasteiger partial charge in [-0.3, -0.25) is 9.59 Å². The van der Waals surface area contributed by atoms with Crippen LogP contribution in [-0.4, -0.2) is 29.9 Å². The normalized spacial score (nSPS) is 15.9. The van der Waals surface area contributed by atoms with Gasteiger partial charge in [-0.2, -0.15) is 5.26 Å². The molecular weight excluding hydrogens is 346 g/mol. The molecular formula is C20H23N3O4. The molecule has 2 N–H and O–H groups in total. The first-order valence-electron chi connectivity index (χ1n) is 8.88. The van der Waals surface area contributed by atoms with E-state index in [4.69, 9.17) is 4.74 Å². The van der Waals surface area contributed by atoms with Gasteiger partial charge in [0.1, 0.15) is 11.2 Å². The molecule has 1 aliphatic rings. The number of nitrogens with zero attached hydrogens (tertiary/aromatic N) is 1. The molecule has 1 saturated carbocycles. The number of ether oxygens (including phenoxy) is 1. The number of nitrogens with one attached hydrogen (secondary N) is 2. The number of rotatable bonds is 6. The monoisotopic (exact) mass is 369 g/mol. The molecule has 1 aromatic rings. The first-order valence-corrected chi connectivity index (χ1v) is 8.88. The summed E-state index contributed by atoms with van der Waals surface area (Å²) in [6, 6.07) is 11.1. The number of esters is 1. The van der Waals surface area contributed by atoms with Gasteiger partial charge in [0, 0.05) is 6.92 Å². The highest BCUT2D eigenvalue weighted by Crippen LogP contribution is 2.27. The van der Waals surface area contributed by atoms with Crippen molar-refractivity contribution in [1.82, 2.24) is 10.6 Å². The Morgan fingerprint density at radius 2 is 1.85 bits per heavy atom. The zero-order valence-corrected chi connectivity index (χ0v) is 15.3. The molecule has 0 radical (unpaired) electrons. The summed E-state index contributed by atoms with van der Waals surface area (Å²) in [4.78, 5) is 35.8. The highest BCUT2D eigenvalue weighted by atomic mass is 16.5. The molecule has 0 aromatic heterocycles. The molecule has 0 saturated heterocycles. The van der Waals surface area contributed by atoms with Crippen molar-refractivity contribution in [2.24, 2.45) is 0 Å². The maximum Gasteiger partial charge on any atom is 0.355 e. The lowest BCUT2D eigenvalue weighted by atomic mass is 9.83. The molecule has 0 heterocycles. The van der Waals surface area contributed by atoms with Gasteiger partial charge in [-0.15, -0.1) is 0 Å². The zero-order chi connectivity index (χ0) is 19.7. The van der Waals surface area contributed by atoms with Crippen LogP contribution in [0.1, 0.15) is 44.6 Å². The van der Waals surface area contributed by atoms with Crippen molar-refractivity contribution in [3.05, 3.63) is 41.6 Å². The Kier molecular flexibility index (Phi) is 7.12. The fraction of sp³-hybridized carbons (Fsp3) is 0.400. The molecule has 0 spiro atoms. The van der Waals surface area contributed by atoms with Gasteiger partial charge in [0.15, 0.2) is 6.61 Å². The van der Waals surface area contributed by atoms with Crippen LogP contribution in [0, 0.1) is 11.3 Å². The topological polar surface area (TPSA) is 108 Å². The summed E-state index contributed by atoms with van der Waals surface area (Å²) in [5.74, 6) is -1.78. The summed E-state index contributed by atoms with van der Waals surface area (Å²) < 4.78 is 5.03. The van der Waals surface area contributed by atoms with Crippen LogP contribution in [0.4, 0.5) is 0 Å². The second-order valence-electron chi connectivity index (χ2n) is 6.53. The number of benzene rings is 1. The Morgan fingerprint density at radius 1 is 1.19 bits per heavy atom. The fourth-order valence-electron chi connectivity index (χ4n) is 2.98. The molecule has 7 nitrogen and oxygen atoms in total. The van der Waals surface area contributed by atoms with Crippen molar-refractivity contribution in [3.63, 3.8) is 0 Å². The highest BCUT2D eigenvalue weighted by Gasteiger charge is 2.33. The van der Waals surface area contributed by atoms with E-state index in [9.17, 15) is 19.6 Å². The van der Waals surface area contributed by atoms with Crippen molar-refractivity contribution >= 4 is 23.9 Å². The van der Waals surface area contributed by atoms with Crippen LogP contribution in [-0.2, 0) is 19.1 Å². The molecule has 7 heteroatoms. The standard InChI is InChI=1S/C20H23N3O4/c1-15(24)22-17(12-16-8-4-2-5-9-16)19(26)27-13-18(25)23-20(14-21)10-6-3-7-11-20/h2,4-5,8-9,12H,3,6-7,10-11,13H2,1H3,(H,22,24)(H,23,25)/b17-12+. The van der Waals surface area contributed by atoms with Crippen molar-refractivity contribution < 1.29 is 19.1 Å². The Bertz CT molecular complexity index is 759. The predicted octanol–water partition coefficient (Wildman–Crippen LogP) is 2.05. The first-order chi connectivity index (χ1) is 12.9. The van der Waals surface area contributed by atoms with Crippen LogP contribution in [0.25, 0.3) is 6.08 Å². The molecule has 142 valence electrons. The van der Waals surface area contributed by atoms with Gasteiger partial charge in [-0.25, -0.2) is 4.79 Å². The van der Waals surface area contributed by atoms with Crippen LogP contribution < -0.4 is 10.6 Å². The minimum atomic E-state index is -0.887. The number of hydrogen-bond donors (Lipinski definition) is 2. The van der Waals surface area contributed by atoms with Gasteiger partial charge in [0.25, 0.3) is 5.91 Å². The van der Waals surface area contributed by atoms with Gasteiger partial charge in [-0.1, -0.05) is 49.6 Å². The van der Waals surface area contributed by atoms with E-state index in [1.165, 1.54) is 13.0 Å². The third-order valence-corrected chi connectivity index (χ3v) is 4.28. The van der Waals surface area contributed by atoms with E-state index in [0.29, 0.717) is 18.4 Å². The summed E-state index contributed by atoms with van der Waals surface area (Å²) in [6.07, 6.45) is 5.45. The van der Waals surface area contributed by atoms with Crippen LogP contribution in [0.3, 0.4) is 0 Å². The fourth-order valence-corrected chi connectivity index (χ4v) is 2.98. The maximum absolute atomic E-state index is 12.3. The van der Waals surface area contributed by atoms with Gasteiger partial charge in [0.05, 0.1) is 6.07 Å². The summed E-state index contributed by atoms with van der Waals surface area (Å²) >= 11 is 0. The molecule has 0 aliphatic heterocycles. The lowest BCUT2D eigenvalue weighted by Gasteiger charge is -2.31. The molecule has 2 amide bonds. The maximum atomic E-state index is 12.3. The van der Waals surface area contributed by atoms with Crippen LogP contribution >= 0.6 is 0 Å². The number of amides is 2. The number of carbonyl (C=O) groups is 3. The predicted molar refractivity (Wildman–Crippen MR) is 98.8 cm³/mol. The quantitative estimate of drug-likeness (QED) is 0.589. The van der Waals surface area contributed by atoms with E-state index in [1.807, 2.05) is 6.07 Å². The van der Waals surface area contributed by atoms with Crippen LogP contribution in [0.15, 0.2) is 36.0 Å². The van der Waals surface area contributed by atoms with Crippen molar-refractivity contribution in [2.45, 2.75) is 44.6 Å². The number of carbonyl (C=O) groups excluding carboxylic acids is 3. The molecule has 0 bridgehead atoms. The Balaban J connectivity index is 1.98. The lowest BCUT2D eigenvalue weighted by Crippen LogP contribution is -2.50. The minimum absolute atomic E-state index is 0.0610. The Hall–Kier alpha value is -3.14. The average molecular weight is 369 g/mol. The molecule has 27 heavy (non-hydrogen) atoms. The van der Waals surface area contributed by atoms with E-state index < -0.39 is 29.9 Å².